The molecule has 136 valence electrons. The van der Waals surface area contributed by atoms with Crippen molar-refractivity contribution in [3.05, 3.63) is 59.1 Å². The maximum Gasteiger partial charge on any atom is 0.159 e. The summed E-state index contributed by atoms with van der Waals surface area (Å²) in [6.07, 6.45) is -0.629. The number of aliphatic hydroxyl groups is 1. The van der Waals surface area contributed by atoms with Crippen LogP contribution in [0.1, 0.15) is 22.3 Å². The van der Waals surface area contributed by atoms with Crippen molar-refractivity contribution in [2.45, 2.75) is 19.6 Å². The molecule has 0 spiro atoms. The summed E-state index contributed by atoms with van der Waals surface area (Å²) in [6.45, 7) is 2.84. The molecule has 26 heavy (non-hydrogen) atoms. The zero-order chi connectivity index (χ0) is 18.5. The molecule has 0 bridgehead atoms. The molecule has 0 saturated carbocycles. The Morgan fingerprint density at radius 3 is 2.85 bits per heavy atom. The Labute approximate surface area is 156 Å². The lowest BCUT2D eigenvalue weighted by Crippen LogP contribution is -2.32. The number of rotatable bonds is 8. The van der Waals surface area contributed by atoms with Gasteiger partial charge in [-0.1, -0.05) is 24.3 Å². The number of hydrogen-bond donors (Lipinski definition) is 1. The maximum atomic E-state index is 11.4. The Morgan fingerprint density at radius 1 is 1.27 bits per heavy atom. The number of aromatic nitrogens is 1. The number of nitrogens with zero attached hydrogens (tertiary/aromatic N) is 2. The van der Waals surface area contributed by atoms with Crippen LogP contribution in [-0.2, 0) is 6.54 Å². The van der Waals surface area contributed by atoms with E-state index in [0.29, 0.717) is 24.4 Å². The number of likely N-dealkylation sites (N-methyl/N-ethyl adjacent to an activating group) is 1. The molecule has 1 atom stereocenters. The summed E-state index contributed by atoms with van der Waals surface area (Å²) in [6, 6.07) is 15.1. The van der Waals surface area contributed by atoms with E-state index in [4.69, 9.17) is 4.74 Å². The molecule has 3 aromatic rings. The second-order valence-electron chi connectivity index (χ2n) is 6.32. The van der Waals surface area contributed by atoms with Gasteiger partial charge in [-0.2, -0.15) is 0 Å². The minimum absolute atomic E-state index is 0.00781. The number of ether oxygens (including phenoxy) is 1. The van der Waals surface area contributed by atoms with E-state index in [1.54, 1.807) is 35.6 Å². The van der Waals surface area contributed by atoms with Crippen LogP contribution < -0.4 is 4.74 Å². The molecule has 6 heteroatoms. The normalized spacial score (nSPS) is 12.5. The molecule has 3 rings (SSSR count). The van der Waals surface area contributed by atoms with Gasteiger partial charge in [-0.05, 0) is 38.2 Å². The van der Waals surface area contributed by atoms with Crippen molar-refractivity contribution >= 4 is 27.3 Å². The lowest BCUT2D eigenvalue weighted by atomic mass is 10.1. The molecule has 0 aliphatic heterocycles. The van der Waals surface area contributed by atoms with Gasteiger partial charge in [-0.3, -0.25) is 9.69 Å². The number of benzene rings is 2. The third-order valence-electron chi connectivity index (χ3n) is 3.95. The minimum Gasteiger partial charge on any atom is -0.491 e. The molecule has 0 fully saturated rings. The first-order valence-corrected chi connectivity index (χ1v) is 9.28. The van der Waals surface area contributed by atoms with E-state index in [2.05, 4.69) is 11.1 Å². The van der Waals surface area contributed by atoms with Crippen LogP contribution in [0.15, 0.2) is 48.5 Å². The second kappa shape index (κ2) is 8.40. The number of carbonyl (C=O) groups excluding carboxylic acids is 1. The summed E-state index contributed by atoms with van der Waals surface area (Å²) in [5.41, 5.74) is 1.61. The number of thiazole rings is 1. The number of fused-ring (bicyclic) bond motifs is 1. The first-order valence-electron chi connectivity index (χ1n) is 8.46. The molecule has 0 aliphatic rings. The first-order chi connectivity index (χ1) is 12.5. The Kier molecular flexibility index (Phi) is 5.98. The van der Waals surface area contributed by atoms with Crippen LogP contribution in [0.2, 0.25) is 0 Å². The smallest absolute Gasteiger partial charge is 0.159 e. The number of ketones is 1. The van der Waals surface area contributed by atoms with E-state index in [9.17, 15) is 9.90 Å². The van der Waals surface area contributed by atoms with E-state index in [1.165, 1.54) is 11.6 Å². The quantitative estimate of drug-likeness (QED) is 0.616. The number of Topliss-reactive ketones (excluding diaryl/α,β-unsaturated/α-hetero) is 1. The highest BCUT2D eigenvalue weighted by molar-refractivity contribution is 7.18. The molecule has 5 nitrogen and oxygen atoms in total. The minimum atomic E-state index is -0.629. The average molecular weight is 370 g/mol. The van der Waals surface area contributed by atoms with Crippen LogP contribution in [-0.4, -0.2) is 47.1 Å². The lowest BCUT2D eigenvalue weighted by molar-refractivity contribution is 0.0743. The third kappa shape index (κ3) is 4.88. The van der Waals surface area contributed by atoms with Gasteiger partial charge in [0.15, 0.2) is 5.78 Å². The summed E-state index contributed by atoms with van der Waals surface area (Å²) in [4.78, 5) is 18.0. The molecule has 2 aromatic carbocycles. The maximum absolute atomic E-state index is 11.4. The third-order valence-corrected chi connectivity index (χ3v) is 4.97. The largest absolute Gasteiger partial charge is 0.491 e. The predicted molar refractivity (Wildman–Crippen MR) is 104 cm³/mol. The van der Waals surface area contributed by atoms with Crippen molar-refractivity contribution in [1.82, 2.24) is 9.88 Å². The highest BCUT2D eigenvalue weighted by atomic mass is 32.1. The zero-order valence-corrected chi connectivity index (χ0v) is 15.7. The fourth-order valence-corrected chi connectivity index (χ4v) is 3.74. The van der Waals surface area contributed by atoms with Crippen molar-refractivity contribution in [3.8, 4) is 5.75 Å². The fraction of sp³-hybridized carbons (Fsp3) is 0.300. The second-order valence-corrected chi connectivity index (χ2v) is 7.44. The summed E-state index contributed by atoms with van der Waals surface area (Å²) >= 11 is 1.67. The first kappa shape index (κ1) is 18.5. The van der Waals surface area contributed by atoms with E-state index >= 15 is 0 Å². The van der Waals surface area contributed by atoms with E-state index < -0.39 is 6.10 Å². The van der Waals surface area contributed by atoms with Crippen LogP contribution >= 0.6 is 11.3 Å². The van der Waals surface area contributed by atoms with Gasteiger partial charge in [-0.25, -0.2) is 4.98 Å². The Hall–Kier alpha value is -2.28. The molecular weight excluding hydrogens is 348 g/mol. The van der Waals surface area contributed by atoms with Gasteiger partial charge in [0.05, 0.1) is 16.8 Å². The summed E-state index contributed by atoms with van der Waals surface area (Å²) in [5, 5.41) is 11.3. The monoisotopic (exact) mass is 370 g/mol. The molecule has 0 amide bonds. The molecule has 1 N–H and O–H groups in total. The van der Waals surface area contributed by atoms with Crippen molar-refractivity contribution in [3.63, 3.8) is 0 Å². The summed E-state index contributed by atoms with van der Waals surface area (Å²) in [5.74, 6) is 0.581. The number of para-hydroxylation sites is 1. The summed E-state index contributed by atoms with van der Waals surface area (Å²) in [7, 11) is 1.95. The fourth-order valence-electron chi connectivity index (χ4n) is 2.69. The van der Waals surface area contributed by atoms with E-state index in [1.807, 2.05) is 30.1 Å². The molecule has 1 aromatic heterocycles. The Bertz CT molecular complexity index is 860. The SMILES string of the molecule is CC(=O)c1cccc(OC[C@@H](O)CN(C)Cc2nc3ccccc3s2)c1. The standard InChI is InChI=1S/C20H22N2O3S/c1-14(23)15-6-5-7-17(10-15)25-13-16(24)11-22(2)12-20-21-18-8-3-4-9-19(18)26-20/h3-10,16,24H,11-13H2,1-2H3/t16-/m0/s1. The van der Waals surface area contributed by atoms with Crippen molar-refractivity contribution in [1.29, 1.82) is 0 Å². The zero-order valence-electron chi connectivity index (χ0n) is 14.9. The van der Waals surface area contributed by atoms with Gasteiger partial charge < -0.3 is 9.84 Å². The average Bonchev–Trinajstić information content (AvgIpc) is 3.02. The number of aliphatic hydroxyl groups excluding tert-OH is 1. The van der Waals surface area contributed by atoms with Gasteiger partial charge in [0.2, 0.25) is 0 Å². The van der Waals surface area contributed by atoms with Gasteiger partial charge in [0.25, 0.3) is 0 Å². The highest BCUT2D eigenvalue weighted by Gasteiger charge is 2.12. The van der Waals surface area contributed by atoms with Gasteiger partial charge in [0.1, 0.15) is 23.5 Å². The van der Waals surface area contributed by atoms with Crippen LogP contribution in [0, 0.1) is 0 Å². The number of carbonyl (C=O) groups is 1. The van der Waals surface area contributed by atoms with E-state index in [0.717, 1.165) is 10.5 Å². The van der Waals surface area contributed by atoms with Crippen LogP contribution in [0.25, 0.3) is 10.2 Å². The molecule has 0 unspecified atom stereocenters. The summed E-state index contributed by atoms with van der Waals surface area (Å²) < 4.78 is 6.79. The van der Waals surface area contributed by atoms with E-state index in [-0.39, 0.29) is 12.4 Å². The van der Waals surface area contributed by atoms with Crippen molar-refractivity contribution < 1.29 is 14.6 Å². The molecule has 1 heterocycles. The lowest BCUT2D eigenvalue weighted by Gasteiger charge is -2.19. The van der Waals surface area contributed by atoms with Crippen LogP contribution in [0.5, 0.6) is 5.75 Å². The molecule has 0 saturated heterocycles. The molecule has 0 aliphatic carbocycles. The molecule has 0 radical (unpaired) electrons. The molecular formula is C20H22N2O3S. The van der Waals surface area contributed by atoms with Crippen molar-refractivity contribution in [2.24, 2.45) is 0 Å². The van der Waals surface area contributed by atoms with Crippen LogP contribution in [0.3, 0.4) is 0 Å². The number of hydrogen-bond acceptors (Lipinski definition) is 6. The van der Waals surface area contributed by atoms with Gasteiger partial charge >= 0.3 is 0 Å². The highest BCUT2D eigenvalue weighted by Crippen LogP contribution is 2.22. The van der Waals surface area contributed by atoms with Crippen molar-refractivity contribution in [2.75, 3.05) is 20.2 Å². The topological polar surface area (TPSA) is 62.7 Å². The predicted octanol–water partition coefficient (Wildman–Crippen LogP) is 3.37. The Balaban J connectivity index is 1.50. The van der Waals surface area contributed by atoms with Crippen LogP contribution in [0.4, 0.5) is 0 Å². The Morgan fingerprint density at radius 2 is 2.08 bits per heavy atom. The van der Waals surface area contributed by atoms with Gasteiger partial charge in [-0.15, -0.1) is 11.3 Å². The van der Waals surface area contributed by atoms with Gasteiger partial charge in [0, 0.05) is 12.1 Å².